The summed E-state index contributed by atoms with van der Waals surface area (Å²) in [5, 5.41) is 6.95. The fourth-order valence-electron chi connectivity index (χ4n) is 11.4. The van der Waals surface area contributed by atoms with Gasteiger partial charge >= 0.3 is 0 Å². The molecule has 1 spiro atoms. The third-order valence-corrected chi connectivity index (χ3v) is 14.2. The minimum atomic E-state index is -0.672. The number of fused-ring (bicyclic) bond motifs is 16. The molecule has 12 aromatic rings. The molecule has 66 heavy (non-hydrogen) atoms. The zero-order chi connectivity index (χ0) is 43.3. The lowest BCUT2D eigenvalue weighted by Gasteiger charge is -2.40. The van der Waals surface area contributed by atoms with E-state index < -0.39 is 5.41 Å². The SMILES string of the molecule is c1ccc(-c2ccc(N(c3ccc4c(c3)c3ccccc3n4-c3ccccc3)c3cccc4c3-c3ccccc3C43c4ccc5ccccc5c4Oc4c3ccc3ccccc43)cc2)cc1. The van der Waals surface area contributed by atoms with Crippen molar-refractivity contribution >= 4 is 60.4 Å². The average molecular weight is 841 g/mol. The molecule has 0 unspecified atom stereocenters. The Hall–Kier alpha value is -8.66. The molecule has 0 amide bonds. The molecule has 3 heteroatoms. The molecule has 0 saturated carbocycles. The largest absolute Gasteiger partial charge is 0.455 e. The van der Waals surface area contributed by atoms with Crippen molar-refractivity contribution < 1.29 is 4.74 Å². The first-order chi connectivity index (χ1) is 32.8. The summed E-state index contributed by atoms with van der Waals surface area (Å²) < 4.78 is 9.67. The number of ether oxygens (including phenoxy) is 1. The standard InChI is InChI=1S/C63H40N2O/c1-3-16-41(17-4-1)42-30-34-46(35-31-42)64(47-36-39-58-52(40-47)50-24-12-14-28-57(50)65(58)45-20-5-2-6-21-45)59-29-15-27-54-60(59)51-25-11-13-26-53(51)63(54)55-37-32-43-18-7-9-22-48(43)61(55)66-62-49-23-10-8-19-44(49)33-38-56(62)63/h1-40H. The van der Waals surface area contributed by atoms with E-state index in [9.17, 15) is 0 Å². The molecule has 0 N–H and O–H groups in total. The third kappa shape index (κ3) is 5.14. The molecule has 0 radical (unpaired) electrons. The molecule has 0 bridgehead atoms. The molecule has 308 valence electrons. The smallest absolute Gasteiger partial charge is 0.140 e. The van der Waals surface area contributed by atoms with Crippen LogP contribution in [-0.4, -0.2) is 4.57 Å². The second-order valence-corrected chi connectivity index (χ2v) is 17.6. The maximum Gasteiger partial charge on any atom is 0.140 e. The number of hydrogen-bond donors (Lipinski definition) is 0. The highest BCUT2D eigenvalue weighted by Crippen LogP contribution is 2.65. The summed E-state index contributed by atoms with van der Waals surface area (Å²) in [6.45, 7) is 0. The van der Waals surface area contributed by atoms with Gasteiger partial charge in [-0.25, -0.2) is 0 Å². The summed E-state index contributed by atoms with van der Waals surface area (Å²) in [5.41, 5.74) is 15.7. The summed E-state index contributed by atoms with van der Waals surface area (Å²) >= 11 is 0. The van der Waals surface area contributed by atoms with Crippen molar-refractivity contribution in [2.45, 2.75) is 5.41 Å². The van der Waals surface area contributed by atoms with Crippen LogP contribution in [0.2, 0.25) is 0 Å². The Bertz CT molecular complexity index is 3820. The number of para-hydroxylation sites is 2. The zero-order valence-corrected chi connectivity index (χ0v) is 35.9. The van der Waals surface area contributed by atoms with Crippen LogP contribution < -0.4 is 9.64 Å². The summed E-state index contributed by atoms with van der Waals surface area (Å²) in [6.07, 6.45) is 0. The predicted octanol–water partition coefficient (Wildman–Crippen LogP) is 16.7. The lowest BCUT2D eigenvalue weighted by molar-refractivity contribution is 0.447. The lowest BCUT2D eigenvalue weighted by atomic mass is 9.65. The van der Waals surface area contributed by atoms with E-state index >= 15 is 0 Å². The molecular weight excluding hydrogens is 801 g/mol. The van der Waals surface area contributed by atoms with E-state index in [-0.39, 0.29) is 0 Å². The first-order valence-electron chi connectivity index (χ1n) is 22.8. The fourth-order valence-corrected chi connectivity index (χ4v) is 11.4. The lowest BCUT2D eigenvalue weighted by Crippen LogP contribution is -2.32. The molecule has 14 rings (SSSR count). The number of rotatable bonds is 5. The molecule has 0 saturated heterocycles. The Morgan fingerprint density at radius 2 is 0.924 bits per heavy atom. The molecule has 1 aliphatic carbocycles. The third-order valence-electron chi connectivity index (χ3n) is 14.2. The summed E-state index contributed by atoms with van der Waals surface area (Å²) in [6, 6.07) is 88.8. The van der Waals surface area contributed by atoms with Gasteiger partial charge in [0.15, 0.2) is 0 Å². The topological polar surface area (TPSA) is 17.4 Å². The average Bonchev–Trinajstić information content (AvgIpc) is 3.88. The van der Waals surface area contributed by atoms with Gasteiger partial charge in [-0.3, -0.25) is 0 Å². The number of hydrogen-bond acceptors (Lipinski definition) is 2. The van der Waals surface area contributed by atoms with Crippen LogP contribution in [0.5, 0.6) is 11.5 Å². The highest BCUT2D eigenvalue weighted by molar-refractivity contribution is 6.11. The maximum atomic E-state index is 7.28. The molecule has 2 aliphatic rings. The minimum Gasteiger partial charge on any atom is -0.455 e. The van der Waals surface area contributed by atoms with Crippen LogP contribution >= 0.6 is 0 Å². The van der Waals surface area contributed by atoms with E-state index in [4.69, 9.17) is 4.74 Å². The molecule has 1 aromatic heterocycles. The fraction of sp³-hybridized carbons (Fsp3) is 0.0159. The van der Waals surface area contributed by atoms with Crippen molar-refractivity contribution in [1.29, 1.82) is 0 Å². The van der Waals surface area contributed by atoms with E-state index in [1.54, 1.807) is 0 Å². The molecule has 3 nitrogen and oxygen atoms in total. The van der Waals surface area contributed by atoms with Crippen LogP contribution in [0.25, 0.3) is 71.3 Å². The first kappa shape index (κ1) is 36.8. The normalized spacial score (nSPS) is 13.1. The van der Waals surface area contributed by atoms with Crippen LogP contribution in [0.1, 0.15) is 22.3 Å². The highest BCUT2D eigenvalue weighted by Gasteiger charge is 2.52. The second kappa shape index (κ2) is 14.2. The van der Waals surface area contributed by atoms with Gasteiger partial charge < -0.3 is 14.2 Å². The number of benzene rings is 11. The summed E-state index contributed by atoms with van der Waals surface area (Å²) in [7, 11) is 0. The van der Waals surface area contributed by atoms with Gasteiger partial charge in [-0.1, -0.05) is 188 Å². The number of aromatic nitrogens is 1. The van der Waals surface area contributed by atoms with Crippen LogP contribution in [0, 0.1) is 0 Å². The van der Waals surface area contributed by atoms with Crippen molar-refractivity contribution in [2.24, 2.45) is 0 Å². The monoisotopic (exact) mass is 840 g/mol. The molecule has 11 aromatic carbocycles. The van der Waals surface area contributed by atoms with Gasteiger partial charge in [0.25, 0.3) is 0 Å². The van der Waals surface area contributed by atoms with Crippen LogP contribution in [0.4, 0.5) is 17.1 Å². The van der Waals surface area contributed by atoms with Crippen LogP contribution in [-0.2, 0) is 5.41 Å². The van der Waals surface area contributed by atoms with Gasteiger partial charge in [0.1, 0.15) is 11.5 Å². The van der Waals surface area contributed by atoms with E-state index in [1.807, 2.05) is 0 Å². The number of anilines is 3. The quantitative estimate of drug-likeness (QED) is 0.172. The molecule has 2 heterocycles. The predicted molar refractivity (Wildman–Crippen MR) is 273 cm³/mol. The van der Waals surface area contributed by atoms with Gasteiger partial charge in [-0.15, -0.1) is 0 Å². The minimum absolute atomic E-state index is 0.672. The van der Waals surface area contributed by atoms with Crippen molar-refractivity contribution in [1.82, 2.24) is 4.57 Å². The van der Waals surface area contributed by atoms with Gasteiger partial charge in [0, 0.05) is 55.3 Å². The van der Waals surface area contributed by atoms with Crippen molar-refractivity contribution in [3.63, 3.8) is 0 Å². The first-order valence-corrected chi connectivity index (χ1v) is 22.8. The Balaban J connectivity index is 1.07. The second-order valence-electron chi connectivity index (χ2n) is 17.6. The van der Waals surface area contributed by atoms with Gasteiger partial charge in [-0.2, -0.15) is 0 Å². The van der Waals surface area contributed by atoms with E-state index in [2.05, 4.69) is 252 Å². The Kier molecular flexibility index (Phi) is 7.90. The van der Waals surface area contributed by atoms with Crippen LogP contribution in [0.15, 0.2) is 243 Å². The summed E-state index contributed by atoms with van der Waals surface area (Å²) in [4.78, 5) is 2.49. The summed E-state index contributed by atoms with van der Waals surface area (Å²) in [5.74, 6) is 1.83. The van der Waals surface area contributed by atoms with E-state index in [1.165, 1.54) is 55.2 Å². The van der Waals surface area contributed by atoms with Gasteiger partial charge in [0.05, 0.1) is 22.1 Å². The van der Waals surface area contributed by atoms with Gasteiger partial charge in [-0.05, 0) is 93.2 Å². The van der Waals surface area contributed by atoms with Crippen molar-refractivity contribution in [3.8, 4) is 39.4 Å². The Labute approximate surface area is 382 Å². The highest BCUT2D eigenvalue weighted by atomic mass is 16.5. The maximum absolute atomic E-state index is 7.28. The van der Waals surface area contributed by atoms with Gasteiger partial charge in [0.2, 0.25) is 0 Å². The van der Waals surface area contributed by atoms with E-state index in [0.29, 0.717) is 0 Å². The molecule has 0 atom stereocenters. The molecule has 0 fully saturated rings. The Morgan fingerprint density at radius 3 is 1.65 bits per heavy atom. The molecular formula is C63H40N2O. The molecule has 1 aliphatic heterocycles. The van der Waals surface area contributed by atoms with Crippen molar-refractivity contribution in [3.05, 3.63) is 265 Å². The zero-order valence-electron chi connectivity index (χ0n) is 35.9. The van der Waals surface area contributed by atoms with Crippen LogP contribution in [0.3, 0.4) is 0 Å². The van der Waals surface area contributed by atoms with E-state index in [0.717, 1.165) is 66.9 Å². The number of nitrogens with zero attached hydrogens (tertiary/aromatic N) is 2. The Morgan fingerprint density at radius 1 is 0.364 bits per heavy atom. The van der Waals surface area contributed by atoms with Crippen molar-refractivity contribution in [2.75, 3.05) is 4.90 Å².